The first-order chi connectivity index (χ1) is 9.49. The number of aryl methyl sites for hydroxylation is 1. The Bertz CT molecular complexity index is 663. The highest BCUT2D eigenvalue weighted by Gasteiger charge is 2.17. The highest BCUT2D eigenvalue weighted by Crippen LogP contribution is 2.19. The second-order valence-corrected chi connectivity index (χ2v) is 4.72. The topological polar surface area (TPSA) is 93.5 Å². The van der Waals surface area contributed by atoms with E-state index < -0.39 is 5.91 Å². The first-order valence-corrected chi connectivity index (χ1v) is 6.25. The number of nitrogens with zero attached hydrogens (tertiary/aromatic N) is 2. The fourth-order valence-electron chi connectivity index (χ4n) is 1.49. The monoisotopic (exact) mass is 312 g/mol. The number of halogens is 2. The normalized spacial score (nSPS) is 10.9. The molecule has 1 amide bonds. The molecule has 1 aromatic carbocycles. The van der Waals surface area contributed by atoms with Gasteiger partial charge >= 0.3 is 0 Å². The van der Waals surface area contributed by atoms with Gasteiger partial charge in [-0.05, 0) is 19.1 Å². The highest BCUT2D eigenvalue weighted by atomic mass is 35.5. The van der Waals surface area contributed by atoms with Crippen molar-refractivity contribution in [1.29, 1.82) is 0 Å². The van der Waals surface area contributed by atoms with Gasteiger partial charge in [-0.2, -0.15) is 5.10 Å². The summed E-state index contributed by atoms with van der Waals surface area (Å²) in [4.78, 5) is 11.8. The van der Waals surface area contributed by atoms with E-state index in [0.717, 1.165) is 0 Å². The average molecular weight is 313 g/mol. The van der Waals surface area contributed by atoms with Crippen LogP contribution in [0.1, 0.15) is 21.6 Å². The lowest BCUT2D eigenvalue weighted by Crippen LogP contribution is -2.19. The molecule has 0 atom stereocenters. The summed E-state index contributed by atoms with van der Waals surface area (Å²) in [5.74, 6) is -0.567. The molecule has 0 aliphatic carbocycles. The number of hydrogen-bond donors (Lipinski definition) is 2. The number of anilines is 1. The minimum absolute atomic E-state index is 0.0558. The van der Waals surface area contributed by atoms with E-state index in [1.54, 1.807) is 25.1 Å². The number of hydrogen-bond acceptors (Lipinski definition) is 5. The molecular formula is C12H10Cl2N4O2. The minimum Gasteiger partial charge on any atom is -0.367 e. The molecule has 0 aliphatic heterocycles. The van der Waals surface area contributed by atoms with Crippen LogP contribution in [0.4, 0.5) is 5.88 Å². The molecule has 6 nitrogen and oxygen atoms in total. The lowest BCUT2D eigenvalue weighted by atomic mass is 10.2. The highest BCUT2D eigenvalue weighted by molar-refractivity contribution is 6.36. The van der Waals surface area contributed by atoms with Crippen molar-refractivity contribution in [2.24, 2.45) is 5.10 Å². The minimum atomic E-state index is -0.511. The van der Waals surface area contributed by atoms with Crippen LogP contribution in [0.2, 0.25) is 10.0 Å². The van der Waals surface area contributed by atoms with Crippen LogP contribution in [-0.4, -0.2) is 17.3 Å². The molecule has 0 unspecified atom stereocenters. The second kappa shape index (κ2) is 5.94. The predicted octanol–water partition coefficient (Wildman–Crippen LogP) is 2.64. The molecule has 0 saturated carbocycles. The Kier molecular flexibility index (Phi) is 4.26. The molecule has 0 fully saturated rings. The summed E-state index contributed by atoms with van der Waals surface area (Å²) in [5, 5.41) is 8.32. The lowest BCUT2D eigenvalue weighted by Gasteiger charge is -2.00. The summed E-state index contributed by atoms with van der Waals surface area (Å²) < 4.78 is 4.69. The third kappa shape index (κ3) is 3.09. The van der Waals surface area contributed by atoms with E-state index in [-0.39, 0.29) is 11.4 Å². The van der Waals surface area contributed by atoms with Crippen LogP contribution in [0.5, 0.6) is 0 Å². The van der Waals surface area contributed by atoms with Gasteiger partial charge < -0.3 is 10.3 Å². The maximum atomic E-state index is 11.8. The Balaban J connectivity index is 2.09. The number of nitrogens with two attached hydrogens (primary N) is 1. The summed E-state index contributed by atoms with van der Waals surface area (Å²) in [7, 11) is 0. The van der Waals surface area contributed by atoms with E-state index in [2.05, 4.69) is 15.7 Å². The van der Waals surface area contributed by atoms with E-state index in [4.69, 9.17) is 33.5 Å². The van der Waals surface area contributed by atoms with Crippen LogP contribution in [0.3, 0.4) is 0 Å². The van der Waals surface area contributed by atoms with Gasteiger partial charge in [-0.1, -0.05) is 34.4 Å². The number of nitrogens with one attached hydrogen (secondary N) is 1. The number of carbonyl (C=O) groups excluding carboxylic acids is 1. The van der Waals surface area contributed by atoms with E-state index >= 15 is 0 Å². The molecule has 2 rings (SSSR count). The molecule has 0 saturated heterocycles. The van der Waals surface area contributed by atoms with Crippen molar-refractivity contribution in [1.82, 2.24) is 10.6 Å². The Morgan fingerprint density at radius 2 is 2.25 bits per heavy atom. The number of hydrazone groups is 1. The summed E-state index contributed by atoms with van der Waals surface area (Å²) in [6, 6.07) is 4.92. The number of benzene rings is 1. The quantitative estimate of drug-likeness (QED) is 0.673. The summed E-state index contributed by atoms with van der Waals surface area (Å²) in [6.45, 7) is 1.61. The van der Waals surface area contributed by atoms with Crippen molar-refractivity contribution in [3.05, 3.63) is 45.1 Å². The van der Waals surface area contributed by atoms with Gasteiger partial charge in [0.15, 0.2) is 0 Å². The van der Waals surface area contributed by atoms with Crippen LogP contribution in [0.25, 0.3) is 0 Å². The van der Waals surface area contributed by atoms with Crippen LogP contribution in [0, 0.1) is 6.92 Å². The number of carbonyl (C=O) groups is 1. The van der Waals surface area contributed by atoms with Crippen molar-refractivity contribution in [2.75, 3.05) is 5.73 Å². The standard InChI is InChI=1S/C12H10Cl2N4O2/c1-6-10(11(15)20-18-6)12(19)17-16-5-7-2-3-8(13)4-9(7)14/h2-5H,15H2,1H3,(H,17,19)/b16-5+. The molecule has 0 radical (unpaired) electrons. The average Bonchev–Trinajstić information content (AvgIpc) is 2.71. The summed E-state index contributed by atoms with van der Waals surface area (Å²) in [5.41, 5.74) is 8.97. The van der Waals surface area contributed by atoms with Gasteiger partial charge in [0, 0.05) is 10.6 Å². The Morgan fingerprint density at radius 1 is 1.50 bits per heavy atom. The molecule has 104 valence electrons. The third-order valence-electron chi connectivity index (χ3n) is 2.45. The molecule has 8 heteroatoms. The zero-order valence-electron chi connectivity index (χ0n) is 10.4. The maximum absolute atomic E-state index is 11.8. The van der Waals surface area contributed by atoms with Crippen LogP contribution in [-0.2, 0) is 0 Å². The van der Waals surface area contributed by atoms with Crippen LogP contribution >= 0.6 is 23.2 Å². The first-order valence-electron chi connectivity index (χ1n) is 5.49. The molecule has 2 aromatic rings. The van der Waals surface area contributed by atoms with Crippen molar-refractivity contribution in [3.63, 3.8) is 0 Å². The van der Waals surface area contributed by atoms with E-state index in [9.17, 15) is 4.79 Å². The summed E-state index contributed by atoms with van der Waals surface area (Å²) in [6.07, 6.45) is 1.40. The molecular weight excluding hydrogens is 303 g/mol. The first kappa shape index (κ1) is 14.4. The largest absolute Gasteiger partial charge is 0.367 e. The zero-order valence-corrected chi connectivity index (χ0v) is 11.9. The number of aromatic nitrogens is 1. The predicted molar refractivity (Wildman–Crippen MR) is 77.2 cm³/mol. The smallest absolute Gasteiger partial charge is 0.278 e. The van der Waals surface area contributed by atoms with E-state index in [0.29, 0.717) is 21.3 Å². The number of rotatable bonds is 3. The van der Waals surface area contributed by atoms with Gasteiger partial charge in [0.2, 0.25) is 5.88 Å². The SMILES string of the molecule is Cc1noc(N)c1C(=O)N/N=C/c1ccc(Cl)cc1Cl. The fraction of sp³-hybridized carbons (Fsp3) is 0.0833. The van der Waals surface area contributed by atoms with Crippen LogP contribution in [0.15, 0.2) is 27.8 Å². The molecule has 20 heavy (non-hydrogen) atoms. The van der Waals surface area contributed by atoms with Gasteiger partial charge in [0.05, 0.1) is 16.9 Å². The number of amides is 1. The zero-order chi connectivity index (χ0) is 14.7. The maximum Gasteiger partial charge on any atom is 0.278 e. The number of nitrogen functional groups attached to an aromatic ring is 1. The van der Waals surface area contributed by atoms with Gasteiger partial charge in [-0.15, -0.1) is 0 Å². The van der Waals surface area contributed by atoms with Gasteiger partial charge in [-0.25, -0.2) is 5.43 Å². The molecule has 0 bridgehead atoms. The van der Waals surface area contributed by atoms with Gasteiger partial charge in [-0.3, -0.25) is 4.79 Å². The lowest BCUT2D eigenvalue weighted by molar-refractivity contribution is 0.0955. The Labute approximate surface area is 124 Å². The summed E-state index contributed by atoms with van der Waals surface area (Å²) >= 11 is 11.7. The molecule has 3 N–H and O–H groups in total. The van der Waals surface area contributed by atoms with Crippen LogP contribution < -0.4 is 11.2 Å². The van der Waals surface area contributed by atoms with Crippen molar-refractivity contribution >= 4 is 41.2 Å². The van der Waals surface area contributed by atoms with Crippen molar-refractivity contribution < 1.29 is 9.32 Å². The molecule has 1 aromatic heterocycles. The molecule has 0 aliphatic rings. The van der Waals surface area contributed by atoms with Gasteiger partial charge in [0.1, 0.15) is 5.56 Å². The fourth-order valence-corrected chi connectivity index (χ4v) is 1.94. The second-order valence-electron chi connectivity index (χ2n) is 3.87. The van der Waals surface area contributed by atoms with Crippen molar-refractivity contribution in [2.45, 2.75) is 6.92 Å². The molecule has 1 heterocycles. The molecule has 0 spiro atoms. The Morgan fingerprint density at radius 3 is 2.85 bits per heavy atom. The van der Waals surface area contributed by atoms with Gasteiger partial charge in [0.25, 0.3) is 5.91 Å². The van der Waals surface area contributed by atoms with Crippen molar-refractivity contribution in [3.8, 4) is 0 Å². The van der Waals surface area contributed by atoms with E-state index in [1.165, 1.54) is 6.21 Å². The van der Waals surface area contributed by atoms with E-state index in [1.807, 2.05) is 0 Å². The third-order valence-corrected chi connectivity index (χ3v) is 3.01. The Hall–Kier alpha value is -2.05.